The lowest BCUT2D eigenvalue weighted by molar-refractivity contribution is -0.00527. The van der Waals surface area contributed by atoms with E-state index < -0.39 is 0 Å². The van der Waals surface area contributed by atoms with E-state index in [1.165, 1.54) is 188 Å². The molecule has 2 aliphatic heterocycles. The average molecular weight is 985 g/mol. The zero-order valence-electron chi connectivity index (χ0n) is 45.3. The second kappa shape index (κ2) is 14.6. The summed E-state index contributed by atoms with van der Waals surface area (Å²) in [5.41, 5.74) is 25.8. The van der Waals surface area contributed by atoms with Gasteiger partial charge in [0.05, 0.1) is 5.69 Å². The van der Waals surface area contributed by atoms with Crippen LogP contribution in [0.3, 0.4) is 0 Å². The van der Waals surface area contributed by atoms with Gasteiger partial charge < -0.3 is 9.38 Å². The Kier molecular flexibility index (Phi) is 8.42. The summed E-state index contributed by atoms with van der Waals surface area (Å²) >= 11 is 0. The van der Waals surface area contributed by atoms with Crippen LogP contribution in [0.4, 0.5) is 17.1 Å². The number of fused-ring (bicyclic) bond motifs is 12. The lowest BCUT2D eigenvalue weighted by Crippen LogP contribution is -2.57. The number of benzene rings is 8. The normalized spacial score (nSPS) is 28.4. The second-order valence-corrected chi connectivity index (χ2v) is 28.5. The molecule has 9 aromatic rings. The molecule has 11 aliphatic rings. The van der Waals surface area contributed by atoms with E-state index in [1.807, 2.05) is 0 Å². The van der Waals surface area contributed by atoms with Gasteiger partial charge in [-0.25, -0.2) is 0 Å². The zero-order chi connectivity index (χ0) is 50.4. The largest absolute Gasteiger partial charge is 0.375 e. The maximum atomic E-state index is 2.92. The third kappa shape index (κ3) is 5.71. The molecule has 0 N–H and O–H groups in total. The van der Waals surface area contributed by atoms with Crippen LogP contribution in [-0.2, 0) is 21.7 Å². The molecule has 20 rings (SSSR count). The first kappa shape index (κ1) is 43.7. The predicted octanol–water partition coefficient (Wildman–Crippen LogP) is 17.6. The van der Waals surface area contributed by atoms with Gasteiger partial charge in [-0.2, -0.15) is 0 Å². The molecular weight excluding hydrogens is 916 g/mol. The van der Waals surface area contributed by atoms with Crippen molar-refractivity contribution in [3.05, 3.63) is 173 Å². The van der Waals surface area contributed by atoms with Crippen LogP contribution in [0.2, 0.25) is 0 Å². The van der Waals surface area contributed by atoms with Crippen LogP contribution in [0.15, 0.2) is 146 Å². The van der Waals surface area contributed by atoms with Gasteiger partial charge in [0.15, 0.2) is 0 Å². The lowest BCUT2D eigenvalue weighted by Gasteiger charge is -2.57. The molecular formula is C73H69BN2. The van der Waals surface area contributed by atoms with Crippen LogP contribution >= 0.6 is 0 Å². The van der Waals surface area contributed by atoms with Gasteiger partial charge in [0, 0.05) is 49.7 Å². The minimum Gasteiger partial charge on any atom is -0.375 e. The van der Waals surface area contributed by atoms with E-state index in [1.54, 1.807) is 11.1 Å². The smallest absolute Gasteiger partial charge is 0.333 e. The van der Waals surface area contributed by atoms with Crippen LogP contribution in [0.5, 0.6) is 0 Å². The summed E-state index contributed by atoms with van der Waals surface area (Å²) in [7, 11) is 0. The number of hydrogen-bond acceptors (Lipinski definition) is 1. The van der Waals surface area contributed by atoms with Gasteiger partial charge in [-0.15, -0.1) is 0 Å². The highest BCUT2D eigenvalue weighted by molar-refractivity contribution is 6.90. The van der Waals surface area contributed by atoms with Crippen LogP contribution < -0.4 is 15.8 Å². The van der Waals surface area contributed by atoms with Gasteiger partial charge in [0.1, 0.15) is 0 Å². The first-order valence-electron chi connectivity index (χ1n) is 29.9. The third-order valence-electron chi connectivity index (χ3n) is 22.8. The van der Waals surface area contributed by atoms with Crippen molar-refractivity contribution >= 4 is 67.4 Å². The van der Waals surface area contributed by atoms with Crippen molar-refractivity contribution in [3.8, 4) is 33.4 Å². The van der Waals surface area contributed by atoms with Crippen LogP contribution in [0.25, 0.3) is 66.0 Å². The Bertz CT molecular complexity index is 3980. The highest BCUT2D eigenvalue weighted by Gasteiger charge is 2.55. The van der Waals surface area contributed by atoms with Gasteiger partial charge in [-0.3, -0.25) is 0 Å². The summed E-state index contributed by atoms with van der Waals surface area (Å²) in [6.07, 6.45) is 17.1. The molecule has 8 aromatic carbocycles. The molecule has 0 amide bonds. The van der Waals surface area contributed by atoms with E-state index in [0.717, 1.165) is 35.5 Å². The molecule has 3 heterocycles. The summed E-state index contributed by atoms with van der Waals surface area (Å²) in [5, 5.41) is 5.75. The SMILES string of the molecule is CC(C)(C)c1ccc(N2c3cc4c(cc3B3c5c2cc2ccccc2c5-c2cc(C56CC7CC(CC(C7)C5)C6)cc5c6cc(C78CC9CC(CC(C9)C7)C8)ccc6n3c25)C(C)(C)c2ccccc2-4)c(-c2ccccc2)c1. The molecule has 9 aliphatic carbocycles. The highest BCUT2D eigenvalue weighted by atomic mass is 15.2. The monoisotopic (exact) mass is 985 g/mol. The summed E-state index contributed by atoms with van der Waals surface area (Å²) < 4.78 is 2.92. The fourth-order valence-corrected chi connectivity index (χ4v) is 20.3. The Morgan fingerprint density at radius 3 is 1.80 bits per heavy atom. The van der Waals surface area contributed by atoms with Crippen LogP contribution in [0.1, 0.15) is 139 Å². The van der Waals surface area contributed by atoms with Crippen molar-refractivity contribution < 1.29 is 0 Å². The number of anilines is 3. The molecule has 0 saturated heterocycles. The topological polar surface area (TPSA) is 8.17 Å². The van der Waals surface area contributed by atoms with Crippen LogP contribution in [-0.4, -0.2) is 11.3 Å². The first-order chi connectivity index (χ1) is 36.9. The van der Waals surface area contributed by atoms with E-state index in [2.05, 4.69) is 190 Å². The van der Waals surface area contributed by atoms with E-state index in [-0.39, 0.29) is 23.1 Å². The highest BCUT2D eigenvalue weighted by Crippen LogP contribution is 2.64. The second-order valence-electron chi connectivity index (χ2n) is 28.5. The van der Waals surface area contributed by atoms with Crippen molar-refractivity contribution in [1.29, 1.82) is 0 Å². The van der Waals surface area contributed by atoms with Crippen LogP contribution in [0, 0.1) is 35.5 Å². The molecule has 8 saturated carbocycles. The number of rotatable bonds is 4. The van der Waals surface area contributed by atoms with Crippen molar-refractivity contribution in [2.45, 2.75) is 133 Å². The summed E-state index contributed by atoms with van der Waals surface area (Å²) in [6.45, 7) is 12.0. The minimum atomic E-state index is -0.151. The van der Waals surface area contributed by atoms with Gasteiger partial charge in [-0.05, 0) is 249 Å². The Morgan fingerprint density at radius 1 is 0.474 bits per heavy atom. The quantitative estimate of drug-likeness (QED) is 0.160. The van der Waals surface area contributed by atoms with E-state index >= 15 is 0 Å². The average Bonchev–Trinajstić information content (AvgIpc) is 3.96. The molecule has 8 bridgehead atoms. The summed E-state index contributed by atoms with van der Waals surface area (Å²) in [6, 6.07) is 59.2. The number of hydrogen-bond donors (Lipinski definition) is 0. The number of nitrogens with zero attached hydrogens (tertiary/aromatic N) is 2. The van der Waals surface area contributed by atoms with Gasteiger partial charge >= 0.3 is 6.85 Å². The standard InChI is InChI=1S/C73H69BN2/c1-70(2,3)50-19-21-63(55(30-50)48-13-7-6-8-14-48)75-65-34-56-54-17-11-12-18-60(54)71(4,5)61(56)35-62(65)74-68-66(75)29-49-15-9-10-16-53(49)67(68)59-33-52(73-39-45-26-46(40-73)28-47(27-45)41-73)32-58-57-31-51(20-22-64(57)76(74)69(58)59)72-36-42-23-43(37-72)25-44(24-42)38-72/h6-22,29-35,42-47H,23-28,36-41H2,1-5H3. The summed E-state index contributed by atoms with van der Waals surface area (Å²) in [5.74, 6) is 5.36. The fraction of sp³-hybridized carbons (Fsp3) is 0.370. The Labute approximate surface area is 450 Å². The Hall–Kier alpha value is -6.32. The van der Waals surface area contributed by atoms with E-state index in [4.69, 9.17) is 0 Å². The van der Waals surface area contributed by atoms with E-state index in [9.17, 15) is 0 Å². The molecule has 0 unspecified atom stereocenters. The molecule has 8 fully saturated rings. The van der Waals surface area contributed by atoms with Crippen molar-refractivity contribution in [2.24, 2.45) is 35.5 Å². The zero-order valence-corrected chi connectivity index (χ0v) is 45.3. The predicted molar refractivity (Wildman–Crippen MR) is 319 cm³/mol. The minimum absolute atomic E-state index is 0.0142. The lowest BCUT2D eigenvalue weighted by atomic mass is 9.44. The molecule has 76 heavy (non-hydrogen) atoms. The molecule has 1 aromatic heterocycles. The Balaban J connectivity index is 0.982. The molecule has 374 valence electrons. The Morgan fingerprint density at radius 2 is 1.11 bits per heavy atom. The van der Waals surface area contributed by atoms with Crippen molar-refractivity contribution in [3.63, 3.8) is 0 Å². The third-order valence-corrected chi connectivity index (χ3v) is 22.8. The van der Waals surface area contributed by atoms with Gasteiger partial charge in [0.2, 0.25) is 0 Å². The molecule has 3 heteroatoms. The maximum absolute atomic E-state index is 2.92. The van der Waals surface area contributed by atoms with Crippen molar-refractivity contribution in [2.75, 3.05) is 4.90 Å². The molecule has 0 atom stereocenters. The molecule has 0 radical (unpaired) electrons. The molecule has 0 spiro atoms. The van der Waals surface area contributed by atoms with Gasteiger partial charge in [0.25, 0.3) is 0 Å². The van der Waals surface area contributed by atoms with Crippen molar-refractivity contribution in [1.82, 2.24) is 4.48 Å². The summed E-state index contributed by atoms with van der Waals surface area (Å²) in [4.78, 5) is 2.75. The van der Waals surface area contributed by atoms with E-state index in [0.29, 0.717) is 5.41 Å². The fourth-order valence-electron chi connectivity index (χ4n) is 20.3. The van der Waals surface area contributed by atoms with Gasteiger partial charge in [-0.1, -0.05) is 132 Å². The number of aromatic nitrogens is 1. The first-order valence-corrected chi connectivity index (χ1v) is 29.9. The molecule has 2 nitrogen and oxygen atoms in total. The maximum Gasteiger partial charge on any atom is 0.333 e.